The molecule has 0 bridgehead atoms. The first-order valence-corrected chi connectivity index (χ1v) is 7.66. The largest absolute Gasteiger partial charge is 0.493 e. The Kier molecular flexibility index (Phi) is 5.65. The van der Waals surface area contributed by atoms with Crippen molar-refractivity contribution < 1.29 is 9.53 Å². The third-order valence-electron chi connectivity index (χ3n) is 2.82. The molecule has 110 valence electrons. The molecule has 0 atom stereocenters. The first-order chi connectivity index (χ1) is 10.0. The van der Waals surface area contributed by atoms with Crippen molar-refractivity contribution in [2.75, 3.05) is 11.9 Å². The van der Waals surface area contributed by atoms with Crippen LogP contribution in [0.1, 0.15) is 12.0 Å². The number of carbonyl (C=O) groups is 1. The predicted molar refractivity (Wildman–Crippen MR) is 89.1 cm³/mol. The maximum absolute atomic E-state index is 11.8. The molecule has 0 aliphatic carbocycles. The van der Waals surface area contributed by atoms with E-state index in [0.717, 1.165) is 10.2 Å². The summed E-state index contributed by atoms with van der Waals surface area (Å²) in [5.41, 5.74) is 1.77. The summed E-state index contributed by atoms with van der Waals surface area (Å²) in [6.07, 6.45) is 0.264. The summed E-state index contributed by atoms with van der Waals surface area (Å²) >= 11 is 9.36. The number of ether oxygens (including phenoxy) is 1. The van der Waals surface area contributed by atoms with E-state index in [1.54, 1.807) is 12.1 Å². The lowest BCUT2D eigenvalue weighted by Crippen LogP contribution is -2.15. The first-order valence-electron chi connectivity index (χ1n) is 6.49. The Bertz CT molecular complexity index is 629. The van der Waals surface area contributed by atoms with E-state index in [0.29, 0.717) is 17.3 Å². The van der Waals surface area contributed by atoms with Crippen LogP contribution >= 0.6 is 27.5 Å². The van der Waals surface area contributed by atoms with Crippen LogP contribution in [0.5, 0.6) is 5.75 Å². The Morgan fingerprint density at radius 3 is 2.62 bits per heavy atom. The van der Waals surface area contributed by atoms with Crippen LogP contribution in [0, 0.1) is 6.92 Å². The highest BCUT2D eigenvalue weighted by molar-refractivity contribution is 9.10. The van der Waals surface area contributed by atoms with Crippen molar-refractivity contribution >= 4 is 39.1 Å². The molecule has 0 aliphatic heterocycles. The number of hydrogen-bond donors (Lipinski definition) is 1. The molecule has 2 rings (SSSR count). The van der Waals surface area contributed by atoms with E-state index in [2.05, 4.69) is 21.2 Å². The Hall–Kier alpha value is -1.52. The Labute approximate surface area is 137 Å². The minimum atomic E-state index is -0.133. The number of nitrogens with one attached hydrogen (secondary N) is 1. The van der Waals surface area contributed by atoms with E-state index in [1.165, 1.54) is 5.56 Å². The van der Waals surface area contributed by atoms with Crippen LogP contribution < -0.4 is 10.1 Å². The lowest BCUT2D eigenvalue weighted by molar-refractivity contribution is -0.116. The zero-order valence-electron chi connectivity index (χ0n) is 11.5. The van der Waals surface area contributed by atoms with E-state index in [-0.39, 0.29) is 12.3 Å². The number of aryl methyl sites for hydroxylation is 1. The first kappa shape index (κ1) is 15.9. The molecule has 0 saturated carbocycles. The molecule has 5 heteroatoms. The summed E-state index contributed by atoms with van der Waals surface area (Å²) in [5.74, 6) is 0.626. The average molecular weight is 369 g/mol. The SMILES string of the molecule is Cc1ccc(OCCC(=O)Nc2ccc(Br)cc2Cl)cc1. The van der Waals surface area contributed by atoms with Gasteiger partial charge in [-0.15, -0.1) is 0 Å². The fourth-order valence-electron chi connectivity index (χ4n) is 1.70. The van der Waals surface area contributed by atoms with Gasteiger partial charge in [-0.05, 0) is 37.3 Å². The topological polar surface area (TPSA) is 38.3 Å². The van der Waals surface area contributed by atoms with Gasteiger partial charge in [-0.1, -0.05) is 45.2 Å². The normalized spacial score (nSPS) is 10.2. The summed E-state index contributed by atoms with van der Waals surface area (Å²) in [6, 6.07) is 13.0. The van der Waals surface area contributed by atoms with Gasteiger partial charge in [0.15, 0.2) is 0 Å². The zero-order valence-corrected chi connectivity index (χ0v) is 13.9. The summed E-state index contributed by atoms with van der Waals surface area (Å²) in [7, 11) is 0. The molecule has 0 unspecified atom stereocenters. The second-order valence-corrected chi connectivity index (χ2v) is 5.91. The van der Waals surface area contributed by atoms with Crippen LogP contribution in [0.4, 0.5) is 5.69 Å². The van der Waals surface area contributed by atoms with Gasteiger partial charge in [-0.2, -0.15) is 0 Å². The third-order valence-corrected chi connectivity index (χ3v) is 3.63. The van der Waals surface area contributed by atoms with E-state index in [4.69, 9.17) is 16.3 Å². The number of amides is 1. The lowest BCUT2D eigenvalue weighted by Gasteiger charge is -2.09. The van der Waals surface area contributed by atoms with Gasteiger partial charge in [0.25, 0.3) is 0 Å². The number of carbonyl (C=O) groups excluding carboxylic acids is 1. The Balaban J connectivity index is 1.81. The fraction of sp³-hybridized carbons (Fsp3) is 0.188. The highest BCUT2D eigenvalue weighted by Gasteiger charge is 2.06. The van der Waals surface area contributed by atoms with Crippen molar-refractivity contribution in [3.05, 3.63) is 57.5 Å². The molecule has 0 fully saturated rings. The number of hydrogen-bond acceptors (Lipinski definition) is 2. The second-order valence-electron chi connectivity index (χ2n) is 4.58. The minimum absolute atomic E-state index is 0.133. The van der Waals surface area contributed by atoms with Gasteiger partial charge in [-0.25, -0.2) is 0 Å². The minimum Gasteiger partial charge on any atom is -0.493 e. The quantitative estimate of drug-likeness (QED) is 0.822. The van der Waals surface area contributed by atoms with Gasteiger partial charge in [0.05, 0.1) is 23.7 Å². The van der Waals surface area contributed by atoms with Crippen LogP contribution in [0.15, 0.2) is 46.9 Å². The molecule has 0 radical (unpaired) electrons. The van der Waals surface area contributed by atoms with Crippen molar-refractivity contribution in [1.82, 2.24) is 0 Å². The Morgan fingerprint density at radius 1 is 1.24 bits per heavy atom. The summed E-state index contributed by atoms with van der Waals surface area (Å²) in [5, 5.41) is 3.26. The molecular formula is C16H15BrClNO2. The predicted octanol–water partition coefficient (Wildman–Crippen LogP) is 4.82. The molecule has 1 amide bonds. The van der Waals surface area contributed by atoms with Crippen LogP contribution in [0.2, 0.25) is 5.02 Å². The summed E-state index contributed by atoms with van der Waals surface area (Å²) in [4.78, 5) is 11.8. The van der Waals surface area contributed by atoms with Crippen LogP contribution in [-0.2, 0) is 4.79 Å². The molecule has 1 N–H and O–H groups in total. The van der Waals surface area contributed by atoms with Crippen molar-refractivity contribution in [3.63, 3.8) is 0 Å². The molecule has 21 heavy (non-hydrogen) atoms. The number of halogens is 2. The number of benzene rings is 2. The van der Waals surface area contributed by atoms with Gasteiger partial charge in [0.2, 0.25) is 5.91 Å². The highest BCUT2D eigenvalue weighted by atomic mass is 79.9. The monoisotopic (exact) mass is 367 g/mol. The lowest BCUT2D eigenvalue weighted by atomic mass is 10.2. The van der Waals surface area contributed by atoms with Crippen LogP contribution in [-0.4, -0.2) is 12.5 Å². The van der Waals surface area contributed by atoms with Crippen LogP contribution in [0.25, 0.3) is 0 Å². The smallest absolute Gasteiger partial charge is 0.227 e. The molecule has 2 aromatic carbocycles. The van der Waals surface area contributed by atoms with Crippen molar-refractivity contribution in [1.29, 1.82) is 0 Å². The molecular weight excluding hydrogens is 354 g/mol. The van der Waals surface area contributed by atoms with Gasteiger partial charge in [-0.3, -0.25) is 4.79 Å². The molecule has 0 spiro atoms. The van der Waals surface area contributed by atoms with Crippen molar-refractivity contribution in [2.45, 2.75) is 13.3 Å². The van der Waals surface area contributed by atoms with Gasteiger partial charge in [0, 0.05) is 4.47 Å². The molecule has 0 aromatic heterocycles. The zero-order chi connectivity index (χ0) is 15.2. The highest BCUT2D eigenvalue weighted by Crippen LogP contribution is 2.25. The fourth-order valence-corrected chi connectivity index (χ4v) is 2.42. The molecule has 0 aliphatic rings. The van der Waals surface area contributed by atoms with E-state index in [9.17, 15) is 4.79 Å². The van der Waals surface area contributed by atoms with Crippen molar-refractivity contribution in [2.24, 2.45) is 0 Å². The molecule has 2 aromatic rings. The summed E-state index contributed by atoms with van der Waals surface area (Å²) < 4.78 is 6.39. The molecule has 3 nitrogen and oxygen atoms in total. The number of rotatable bonds is 5. The number of anilines is 1. The maximum atomic E-state index is 11.8. The standard InChI is InChI=1S/C16H15BrClNO2/c1-11-2-5-13(6-3-11)21-9-8-16(20)19-15-7-4-12(17)10-14(15)18/h2-7,10H,8-9H2,1H3,(H,19,20). The maximum Gasteiger partial charge on any atom is 0.227 e. The van der Waals surface area contributed by atoms with E-state index >= 15 is 0 Å². The Morgan fingerprint density at radius 2 is 1.95 bits per heavy atom. The van der Waals surface area contributed by atoms with E-state index in [1.807, 2.05) is 37.3 Å². The van der Waals surface area contributed by atoms with Gasteiger partial charge in [0.1, 0.15) is 5.75 Å². The average Bonchev–Trinajstić information content (AvgIpc) is 2.44. The van der Waals surface area contributed by atoms with Gasteiger partial charge < -0.3 is 10.1 Å². The molecule has 0 heterocycles. The van der Waals surface area contributed by atoms with Crippen molar-refractivity contribution in [3.8, 4) is 5.75 Å². The van der Waals surface area contributed by atoms with Crippen LogP contribution in [0.3, 0.4) is 0 Å². The second kappa shape index (κ2) is 7.48. The molecule has 0 saturated heterocycles. The summed E-state index contributed by atoms with van der Waals surface area (Å²) in [6.45, 7) is 2.34. The third kappa shape index (κ3) is 5.06. The van der Waals surface area contributed by atoms with Gasteiger partial charge >= 0.3 is 0 Å². The van der Waals surface area contributed by atoms with E-state index < -0.39 is 0 Å².